The number of hydrogen-bond acceptors (Lipinski definition) is 4. The maximum absolute atomic E-state index is 12.5. The highest BCUT2D eigenvalue weighted by molar-refractivity contribution is 5.91. The van der Waals surface area contributed by atoms with Gasteiger partial charge in [0.05, 0.1) is 11.1 Å². The summed E-state index contributed by atoms with van der Waals surface area (Å²) in [4.78, 5) is 25.0. The van der Waals surface area contributed by atoms with Crippen molar-refractivity contribution in [1.82, 2.24) is 0 Å². The molecule has 186 valence electrons. The Balaban J connectivity index is 1.42. The van der Waals surface area contributed by atoms with Crippen LogP contribution >= 0.6 is 0 Å². The van der Waals surface area contributed by atoms with E-state index in [1.807, 2.05) is 78.9 Å². The molecule has 0 aromatic heterocycles. The normalized spacial score (nSPS) is 11.0. The summed E-state index contributed by atoms with van der Waals surface area (Å²) in [6.45, 7) is 2.15. The number of carbonyl (C=O) groups excluding carboxylic acids is 2. The third kappa shape index (κ3) is 5.25. The number of esters is 2. The van der Waals surface area contributed by atoms with Gasteiger partial charge >= 0.3 is 11.9 Å². The topological polar surface area (TPSA) is 52.6 Å². The molecule has 38 heavy (non-hydrogen) atoms. The van der Waals surface area contributed by atoms with Crippen LogP contribution in [0.5, 0.6) is 11.5 Å². The summed E-state index contributed by atoms with van der Waals surface area (Å²) in [5.74, 6) is 0.150. The molecule has 0 amide bonds. The molecule has 4 nitrogen and oxygen atoms in total. The van der Waals surface area contributed by atoms with Crippen molar-refractivity contribution in [3.63, 3.8) is 0 Å². The van der Waals surface area contributed by atoms with Crippen LogP contribution in [0.2, 0.25) is 0 Å². The molecule has 0 aliphatic carbocycles. The fourth-order valence-electron chi connectivity index (χ4n) is 4.46. The van der Waals surface area contributed by atoms with Crippen LogP contribution in [0, 0.1) is 0 Å². The van der Waals surface area contributed by atoms with Gasteiger partial charge in [0, 0.05) is 5.41 Å². The molecule has 0 bridgehead atoms. The quantitative estimate of drug-likeness (QED) is 0.133. The van der Waals surface area contributed by atoms with Crippen LogP contribution in [0.25, 0.3) is 0 Å². The number of ether oxygens (including phenoxy) is 2. The second kappa shape index (κ2) is 11.0. The van der Waals surface area contributed by atoms with Gasteiger partial charge in [-0.25, -0.2) is 9.59 Å². The van der Waals surface area contributed by atoms with E-state index in [1.165, 1.54) is 0 Å². The molecular weight excluding hydrogens is 472 g/mol. The van der Waals surface area contributed by atoms with Crippen molar-refractivity contribution in [1.29, 1.82) is 0 Å². The van der Waals surface area contributed by atoms with Gasteiger partial charge in [0.2, 0.25) is 0 Å². The summed E-state index contributed by atoms with van der Waals surface area (Å²) in [6.07, 6.45) is 0. The molecule has 0 radical (unpaired) electrons. The van der Waals surface area contributed by atoms with E-state index in [2.05, 4.69) is 19.1 Å². The van der Waals surface area contributed by atoms with E-state index in [9.17, 15) is 9.59 Å². The second-order valence-electron chi connectivity index (χ2n) is 9.05. The lowest BCUT2D eigenvalue weighted by atomic mass is 9.71. The molecule has 0 aliphatic heterocycles. The molecule has 0 saturated heterocycles. The molecule has 5 rings (SSSR count). The lowest BCUT2D eigenvalue weighted by Crippen LogP contribution is -2.25. The molecule has 0 fully saturated rings. The van der Waals surface area contributed by atoms with E-state index in [0.717, 1.165) is 16.7 Å². The average molecular weight is 499 g/mol. The van der Waals surface area contributed by atoms with Crippen molar-refractivity contribution in [2.24, 2.45) is 0 Å². The number of carbonyl (C=O) groups is 2. The highest BCUT2D eigenvalue weighted by Crippen LogP contribution is 2.40. The third-order valence-electron chi connectivity index (χ3n) is 6.65. The van der Waals surface area contributed by atoms with Crippen LogP contribution < -0.4 is 9.47 Å². The van der Waals surface area contributed by atoms with E-state index >= 15 is 0 Å². The molecule has 5 aromatic carbocycles. The molecule has 4 heteroatoms. The molecule has 0 aliphatic rings. The molecule has 0 unspecified atom stereocenters. The predicted molar refractivity (Wildman–Crippen MR) is 148 cm³/mol. The summed E-state index contributed by atoms with van der Waals surface area (Å²) in [5, 5.41) is 0. The Labute approximate surface area is 222 Å². The van der Waals surface area contributed by atoms with Crippen molar-refractivity contribution < 1.29 is 19.1 Å². The third-order valence-corrected chi connectivity index (χ3v) is 6.65. The smallest absolute Gasteiger partial charge is 0.343 e. The maximum Gasteiger partial charge on any atom is 0.343 e. The van der Waals surface area contributed by atoms with Gasteiger partial charge < -0.3 is 9.47 Å². The predicted octanol–water partition coefficient (Wildman–Crippen LogP) is 7.48. The first kappa shape index (κ1) is 24.7. The Morgan fingerprint density at radius 3 is 1.13 bits per heavy atom. The molecule has 5 aromatic rings. The van der Waals surface area contributed by atoms with Crippen LogP contribution in [0.1, 0.15) is 44.3 Å². The summed E-state index contributed by atoms with van der Waals surface area (Å²) < 4.78 is 11.2. The van der Waals surface area contributed by atoms with E-state index in [4.69, 9.17) is 9.47 Å². The van der Waals surface area contributed by atoms with Gasteiger partial charge in [-0.2, -0.15) is 0 Å². The first-order valence-corrected chi connectivity index (χ1v) is 12.3. The van der Waals surface area contributed by atoms with Gasteiger partial charge in [-0.15, -0.1) is 0 Å². The highest BCUT2D eigenvalue weighted by atomic mass is 16.5. The molecule has 0 heterocycles. The summed E-state index contributed by atoms with van der Waals surface area (Å²) in [5.41, 5.74) is 3.64. The van der Waals surface area contributed by atoms with Crippen LogP contribution in [0.3, 0.4) is 0 Å². The van der Waals surface area contributed by atoms with Gasteiger partial charge in [0.15, 0.2) is 0 Å². The standard InChI is InChI=1S/C34H26O4/c1-34(27-15-9-4-10-16-27,28-17-21-30(22-18-28)37-32(35)25-11-5-2-6-12-25)29-19-23-31(24-20-29)38-33(36)26-13-7-3-8-14-26/h2-24H,1H3. The van der Waals surface area contributed by atoms with Gasteiger partial charge in [-0.05, 0) is 72.1 Å². The number of rotatable bonds is 7. The average Bonchev–Trinajstić information content (AvgIpc) is 2.99. The van der Waals surface area contributed by atoms with E-state index in [1.54, 1.807) is 48.5 Å². The van der Waals surface area contributed by atoms with Crippen LogP contribution in [-0.2, 0) is 5.41 Å². The lowest BCUT2D eigenvalue weighted by molar-refractivity contribution is 0.0725. The van der Waals surface area contributed by atoms with Crippen LogP contribution in [0.4, 0.5) is 0 Å². The second-order valence-corrected chi connectivity index (χ2v) is 9.05. The minimum absolute atomic E-state index is 0.398. The Hall–Kier alpha value is -4.96. The Kier molecular flexibility index (Phi) is 7.14. The van der Waals surface area contributed by atoms with Gasteiger partial charge in [0.1, 0.15) is 11.5 Å². The van der Waals surface area contributed by atoms with Gasteiger partial charge in [-0.1, -0.05) is 91.0 Å². The van der Waals surface area contributed by atoms with Crippen LogP contribution in [0.15, 0.2) is 140 Å². The zero-order valence-corrected chi connectivity index (χ0v) is 20.9. The number of benzene rings is 5. The maximum atomic E-state index is 12.5. The van der Waals surface area contributed by atoms with E-state index < -0.39 is 17.4 Å². The minimum atomic E-state index is -0.509. The zero-order chi connectivity index (χ0) is 26.4. The van der Waals surface area contributed by atoms with Crippen molar-refractivity contribution in [3.8, 4) is 11.5 Å². The Bertz CT molecular complexity index is 1410. The van der Waals surface area contributed by atoms with Crippen molar-refractivity contribution in [3.05, 3.63) is 167 Å². The summed E-state index contributed by atoms with van der Waals surface area (Å²) in [6, 6.07) is 43.2. The van der Waals surface area contributed by atoms with Crippen LogP contribution in [-0.4, -0.2) is 11.9 Å². The fourth-order valence-corrected chi connectivity index (χ4v) is 4.46. The van der Waals surface area contributed by atoms with Crippen molar-refractivity contribution >= 4 is 11.9 Å². The first-order chi connectivity index (χ1) is 18.5. The SMILES string of the molecule is CC(c1ccccc1)(c1ccc(OC(=O)c2ccccc2)cc1)c1ccc(OC(=O)c2ccccc2)cc1. The molecule has 0 spiro atoms. The molecule has 0 atom stereocenters. The summed E-state index contributed by atoms with van der Waals surface area (Å²) in [7, 11) is 0. The Morgan fingerprint density at radius 1 is 0.447 bits per heavy atom. The minimum Gasteiger partial charge on any atom is -0.423 e. The fraction of sp³-hybridized carbons (Fsp3) is 0.0588. The van der Waals surface area contributed by atoms with Gasteiger partial charge in [-0.3, -0.25) is 0 Å². The Morgan fingerprint density at radius 2 is 0.763 bits per heavy atom. The van der Waals surface area contributed by atoms with Crippen molar-refractivity contribution in [2.45, 2.75) is 12.3 Å². The highest BCUT2D eigenvalue weighted by Gasteiger charge is 2.31. The number of hydrogen-bond donors (Lipinski definition) is 0. The van der Waals surface area contributed by atoms with Gasteiger partial charge in [0.25, 0.3) is 0 Å². The molecule has 0 N–H and O–H groups in total. The summed E-state index contributed by atoms with van der Waals surface area (Å²) >= 11 is 0. The molecular formula is C34H26O4. The first-order valence-electron chi connectivity index (χ1n) is 12.3. The molecule has 0 saturated carbocycles. The van der Waals surface area contributed by atoms with E-state index in [-0.39, 0.29) is 0 Å². The lowest BCUT2D eigenvalue weighted by Gasteiger charge is -2.32. The van der Waals surface area contributed by atoms with E-state index in [0.29, 0.717) is 22.6 Å². The monoisotopic (exact) mass is 498 g/mol. The zero-order valence-electron chi connectivity index (χ0n) is 20.9. The van der Waals surface area contributed by atoms with Crippen molar-refractivity contribution in [2.75, 3.05) is 0 Å². The largest absolute Gasteiger partial charge is 0.423 e.